The molecule has 35 heavy (non-hydrogen) atoms. The largest absolute Gasteiger partial charge is 0.494 e. The van der Waals surface area contributed by atoms with Gasteiger partial charge in [-0.1, -0.05) is 12.1 Å². The number of esters is 1. The summed E-state index contributed by atoms with van der Waals surface area (Å²) in [6.07, 6.45) is 1.28. The molecule has 184 valence electrons. The lowest BCUT2D eigenvalue weighted by Crippen LogP contribution is -2.39. The van der Waals surface area contributed by atoms with Crippen LogP contribution in [0, 0.1) is 5.92 Å². The molecule has 4 rings (SSSR count). The van der Waals surface area contributed by atoms with Gasteiger partial charge in [0.25, 0.3) is 0 Å². The fraction of sp³-hybridized carbons (Fsp3) is 0.385. The number of hydrogen-bond donors (Lipinski definition) is 1. The third-order valence-electron chi connectivity index (χ3n) is 6.03. The van der Waals surface area contributed by atoms with Gasteiger partial charge in [-0.05, 0) is 63.1 Å². The SMILES string of the molecule is CCOC(=O)C1CCN(c2nc(=O)n(CC(=O)Nc3ccc(OCC)cc3)c3ccccc23)CC1. The molecule has 9 nitrogen and oxygen atoms in total. The second kappa shape index (κ2) is 11.0. The van der Waals surface area contributed by atoms with Crippen LogP contribution in [0.15, 0.2) is 53.3 Å². The number of rotatable bonds is 8. The predicted octanol–water partition coefficient (Wildman–Crippen LogP) is 3.21. The van der Waals surface area contributed by atoms with Crippen molar-refractivity contribution < 1.29 is 19.1 Å². The molecule has 9 heteroatoms. The number of anilines is 2. The highest BCUT2D eigenvalue weighted by molar-refractivity contribution is 5.94. The van der Waals surface area contributed by atoms with E-state index in [2.05, 4.69) is 10.3 Å². The van der Waals surface area contributed by atoms with Crippen LogP contribution in [-0.2, 0) is 20.9 Å². The Morgan fingerprint density at radius 2 is 1.74 bits per heavy atom. The van der Waals surface area contributed by atoms with Crippen LogP contribution >= 0.6 is 0 Å². The van der Waals surface area contributed by atoms with Crippen molar-refractivity contribution in [1.82, 2.24) is 9.55 Å². The van der Waals surface area contributed by atoms with Crippen molar-refractivity contribution in [2.45, 2.75) is 33.2 Å². The van der Waals surface area contributed by atoms with Crippen molar-refractivity contribution in [3.8, 4) is 5.75 Å². The first kappa shape index (κ1) is 24.3. The van der Waals surface area contributed by atoms with Crippen molar-refractivity contribution >= 4 is 34.3 Å². The number of fused-ring (bicyclic) bond motifs is 1. The van der Waals surface area contributed by atoms with Crippen LogP contribution in [0.1, 0.15) is 26.7 Å². The first-order chi connectivity index (χ1) is 17.0. The fourth-order valence-electron chi connectivity index (χ4n) is 4.34. The molecule has 1 aliphatic heterocycles. The molecule has 1 N–H and O–H groups in total. The number of amides is 1. The number of ether oxygens (including phenoxy) is 2. The summed E-state index contributed by atoms with van der Waals surface area (Å²) in [5.74, 6) is 0.671. The van der Waals surface area contributed by atoms with E-state index < -0.39 is 5.69 Å². The van der Waals surface area contributed by atoms with E-state index in [0.29, 0.717) is 56.2 Å². The van der Waals surface area contributed by atoms with E-state index >= 15 is 0 Å². The number of hydrogen-bond acceptors (Lipinski definition) is 7. The zero-order chi connectivity index (χ0) is 24.8. The molecule has 0 radical (unpaired) electrons. The maximum Gasteiger partial charge on any atom is 0.350 e. The number of aromatic nitrogens is 2. The Balaban J connectivity index is 1.52. The second-order valence-electron chi connectivity index (χ2n) is 8.34. The van der Waals surface area contributed by atoms with Crippen molar-refractivity contribution in [2.75, 3.05) is 36.5 Å². The monoisotopic (exact) mass is 478 g/mol. The first-order valence-corrected chi connectivity index (χ1v) is 11.9. The highest BCUT2D eigenvalue weighted by atomic mass is 16.5. The second-order valence-corrected chi connectivity index (χ2v) is 8.34. The van der Waals surface area contributed by atoms with E-state index in [-0.39, 0.29) is 24.3 Å². The molecule has 0 spiro atoms. The maximum atomic E-state index is 13.0. The Morgan fingerprint density at radius 3 is 2.43 bits per heavy atom. The van der Waals surface area contributed by atoms with Crippen molar-refractivity contribution in [3.05, 3.63) is 59.0 Å². The molecule has 1 amide bonds. The predicted molar refractivity (Wildman–Crippen MR) is 134 cm³/mol. The molecular formula is C26H30N4O5. The summed E-state index contributed by atoms with van der Waals surface area (Å²) in [4.78, 5) is 44.2. The van der Waals surface area contributed by atoms with Gasteiger partial charge in [-0.25, -0.2) is 4.79 Å². The van der Waals surface area contributed by atoms with Crippen LogP contribution in [0.25, 0.3) is 10.9 Å². The minimum atomic E-state index is -0.493. The third-order valence-corrected chi connectivity index (χ3v) is 6.03. The van der Waals surface area contributed by atoms with Crippen molar-refractivity contribution in [2.24, 2.45) is 5.92 Å². The van der Waals surface area contributed by atoms with Crippen LogP contribution in [0.2, 0.25) is 0 Å². The fourth-order valence-corrected chi connectivity index (χ4v) is 4.34. The number of carbonyl (C=O) groups excluding carboxylic acids is 2. The summed E-state index contributed by atoms with van der Waals surface area (Å²) in [6.45, 7) is 5.68. The highest BCUT2D eigenvalue weighted by Gasteiger charge is 2.28. The Kier molecular flexibility index (Phi) is 7.64. The first-order valence-electron chi connectivity index (χ1n) is 11.9. The van der Waals surface area contributed by atoms with E-state index in [0.717, 1.165) is 11.1 Å². The Labute approximate surface area is 203 Å². The lowest BCUT2D eigenvalue weighted by atomic mass is 9.97. The number of nitrogens with zero attached hydrogens (tertiary/aromatic N) is 3. The van der Waals surface area contributed by atoms with Crippen LogP contribution in [0.4, 0.5) is 11.5 Å². The minimum absolute atomic E-state index is 0.135. The van der Waals surface area contributed by atoms with Crippen molar-refractivity contribution in [3.63, 3.8) is 0 Å². The van der Waals surface area contributed by atoms with Gasteiger partial charge in [0.1, 0.15) is 18.1 Å². The van der Waals surface area contributed by atoms with Gasteiger partial charge in [0, 0.05) is 24.2 Å². The molecule has 1 saturated heterocycles. The molecule has 2 aromatic carbocycles. The van der Waals surface area contributed by atoms with Crippen LogP contribution in [0.3, 0.4) is 0 Å². The summed E-state index contributed by atoms with van der Waals surface area (Å²) >= 11 is 0. The highest BCUT2D eigenvalue weighted by Crippen LogP contribution is 2.28. The summed E-state index contributed by atoms with van der Waals surface area (Å²) < 4.78 is 12.0. The minimum Gasteiger partial charge on any atom is -0.494 e. The molecule has 3 aromatic rings. The molecule has 0 atom stereocenters. The summed E-state index contributed by atoms with van der Waals surface area (Å²) in [5, 5.41) is 3.61. The smallest absolute Gasteiger partial charge is 0.350 e. The van der Waals surface area contributed by atoms with E-state index in [1.54, 1.807) is 31.2 Å². The van der Waals surface area contributed by atoms with E-state index in [9.17, 15) is 14.4 Å². The summed E-state index contributed by atoms with van der Waals surface area (Å²) in [6, 6.07) is 14.5. The van der Waals surface area contributed by atoms with E-state index in [1.165, 1.54) is 4.57 Å². The number of para-hydroxylation sites is 1. The Morgan fingerprint density at radius 1 is 1.03 bits per heavy atom. The number of benzene rings is 2. The summed E-state index contributed by atoms with van der Waals surface area (Å²) in [5.41, 5.74) is 0.759. The topological polar surface area (TPSA) is 103 Å². The Bertz CT molecular complexity index is 1250. The number of nitrogens with one attached hydrogen (secondary N) is 1. The van der Waals surface area contributed by atoms with Gasteiger partial charge < -0.3 is 19.7 Å². The number of piperidine rings is 1. The van der Waals surface area contributed by atoms with Gasteiger partial charge in [-0.15, -0.1) is 0 Å². The molecule has 0 saturated carbocycles. The molecule has 0 unspecified atom stereocenters. The summed E-state index contributed by atoms with van der Waals surface area (Å²) in [7, 11) is 0. The zero-order valence-corrected chi connectivity index (χ0v) is 20.0. The average Bonchev–Trinajstić information content (AvgIpc) is 2.87. The van der Waals surface area contributed by atoms with Crippen LogP contribution in [0.5, 0.6) is 5.75 Å². The van der Waals surface area contributed by atoms with Crippen LogP contribution < -0.4 is 20.6 Å². The molecule has 1 fully saturated rings. The van der Waals surface area contributed by atoms with Gasteiger partial charge in [0.2, 0.25) is 5.91 Å². The standard InChI is InChI=1S/C26H30N4O5/c1-3-34-20-11-9-19(10-12-20)27-23(31)17-30-22-8-6-5-7-21(22)24(28-26(30)33)29-15-13-18(14-16-29)25(32)35-4-2/h5-12,18H,3-4,13-17H2,1-2H3,(H,27,31). The molecule has 0 bridgehead atoms. The normalized spacial score (nSPS) is 14.1. The molecule has 2 heterocycles. The van der Waals surface area contributed by atoms with E-state index in [4.69, 9.17) is 9.47 Å². The van der Waals surface area contributed by atoms with Gasteiger partial charge in [-0.3, -0.25) is 14.2 Å². The van der Waals surface area contributed by atoms with Gasteiger partial charge in [0.15, 0.2) is 0 Å². The lowest BCUT2D eigenvalue weighted by molar-refractivity contribution is -0.148. The zero-order valence-electron chi connectivity index (χ0n) is 20.0. The number of carbonyl (C=O) groups is 2. The van der Waals surface area contributed by atoms with Gasteiger partial charge in [0.05, 0.1) is 24.6 Å². The van der Waals surface area contributed by atoms with Gasteiger partial charge >= 0.3 is 11.7 Å². The quantitative estimate of drug-likeness (QED) is 0.496. The third kappa shape index (κ3) is 5.62. The lowest BCUT2D eigenvalue weighted by Gasteiger charge is -2.32. The Hall–Kier alpha value is -3.88. The van der Waals surface area contributed by atoms with E-state index in [1.807, 2.05) is 36.1 Å². The molecular weight excluding hydrogens is 448 g/mol. The van der Waals surface area contributed by atoms with Gasteiger partial charge in [-0.2, -0.15) is 4.98 Å². The van der Waals surface area contributed by atoms with Crippen LogP contribution in [-0.4, -0.2) is 47.7 Å². The molecule has 0 aliphatic carbocycles. The molecule has 1 aliphatic rings. The average molecular weight is 479 g/mol. The maximum absolute atomic E-state index is 13.0. The van der Waals surface area contributed by atoms with Crippen molar-refractivity contribution in [1.29, 1.82) is 0 Å². The molecule has 1 aromatic heterocycles.